The monoisotopic (exact) mass is 271 g/mol. The lowest BCUT2D eigenvalue weighted by Crippen LogP contribution is -2.12. The standard InChI is InChI=1S/C16H21N3O/c1-3-8-19-9-4-5-14(19)11-18-15-7-6-13(16(17)20)10-12(15)2/h4-7,9-10,18H,3,8,11H2,1-2H3,(H2,17,20). The number of aryl methyl sites for hydroxylation is 2. The van der Waals surface area contributed by atoms with Gasteiger partial charge in [-0.15, -0.1) is 0 Å². The molecule has 0 aliphatic rings. The van der Waals surface area contributed by atoms with Gasteiger partial charge in [-0.1, -0.05) is 6.92 Å². The van der Waals surface area contributed by atoms with E-state index in [1.54, 1.807) is 6.07 Å². The quantitative estimate of drug-likeness (QED) is 0.848. The summed E-state index contributed by atoms with van der Waals surface area (Å²) in [6.07, 6.45) is 3.22. The van der Waals surface area contributed by atoms with Crippen LogP contribution in [0.25, 0.3) is 0 Å². The molecule has 2 rings (SSSR count). The zero-order chi connectivity index (χ0) is 14.5. The minimum Gasteiger partial charge on any atom is -0.379 e. The van der Waals surface area contributed by atoms with E-state index < -0.39 is 5.91 Å². The van der Waals surface area contributed by atoms with Gasteiger partial charge in [-0.3, -0.25) is 4.79 Å². The van der Waals surface area contributed by atoms with Gasteiger partial charge in [0.15, 0.2) is 0 Å². The minimum absolute atomic E-state index is 0.392. The fourth-order valence-corrected chi connectivity index (χ4v) is 2.27. The molecular formula is C16H21N3O. The molecule has 0 spiro atoms. The Kier molecular flexibility index (Phi) is 4.45. The van der Waals surface area contributed by atoms with E-state index in [4.69, 9.17) is 5.73 Å². The molecule has 0 fully saturated rings. The first-order valence-electron chi connectivity index (χ1n) is 6.90. The van der Waals surface area contributed by atoms with Crippen LogP contribution in [0.5, 0.6) is 0 Å². The van der Waals surface area contributed by atoms with Gasteiger partial charge >= 0.3 is 0 Å². The Morgan fingerprint density at radius 3 is 2.80 bits per heavy atom. The number of hydrogen-bond acceptors (Lipinski definition) is 2. The van der Waals surface area contributed by atoms with Crippen molar-refractivity contribution in [1.29, 1.82) is 0 Å². The average molecular weight is 271 g/mol. The first kappa shape index (κ1) is 14.2. The molecule has 0 aliphatic heterocycles. The molecule has 106 valence electrons. The molecule has 0 bridgehead atoms. The van der Waals surface area contributed by atoms with Crippen molar-refractivity contribution in [2.75, 3.05) is 5.32 Å². The van der Waals surface area contributed by atoms with E-state index in [1.807, 2.05) is 19.1 Å². The molecule has 0 unspecified atom stereocenters. The second-order valence-electron chi connectivity index (χ2n) is 4.94. The summed E-state index contributed by atoms with van der Waals surface area (Å²) in [5, 5.41) is 3.41. The largest absolute Gasteiger partial charge is 0.379 e. The van der Waals surface area contributed by atoms with Crippen LogP contribution in [-0.4, -0.2) is 10.5 Å². The van der Waals surface area contributed by atoms with Crippen LogP contribution >= 0.6 is 0 Å². The topological polar surface area (TPSA) is 60.1 Å². The Labute approximate surface area is 119 Å². The SMILES string of the molecule is CCCn1cccc1CNc1ccc(C(N)=O)cc1C. The second-order valence-corrected chi connectivity index (χ2v) is 4.94. The molecule has 20 heavy (non-hydrogen) atoms. The summed E-state index contributed by atoms with van der Waals surface area (Å²) >= 11 is 0. The third-order valence-electron chi connectivity index (χ3n) is 3.36. The van der Waals surface area contributed by atoms with Gasteiger partial charge < -0.3 is 15.6 Å². The van der Waals surface area contributed by atoms with Crippen molar-refractivity contribution in [1.82, 2.24) is 4.57 Å². The Morgan fingerprint density at radius 1 is 1.35 bits per heavy atom. The number of carbonyl (C=O) groups excluding carboxylic acids is 1. The number of anilines is 1. The number of nitrogens with zero attached hydrogens (tertiary/aromatic N) is 1. The lowest BCUT2D eigenvalue weighted by atomic mass is 10.1. The molecule has 4 nitrogen and oxygen atoms in total. The van der Waals surface area contributed by atoms with E-state index in [2.05, 4.69) is 35.1 Å². The number of hydrogen-bond donors (Lipinski definition) is 2. The molecule has 3 N–H and O–H groups in total. The molecule has 0 atom stereocenters. The van der Waals surface area contributed by atoms with Crippen LogP contribution in [0.3, 0.4) is 0 Å². The molecule has 0 radical (unpaired) electrons. The van der Waals surface area contributed by atoms with Crippen LogP contribution in [0, 0.1) is 6.92 Å². The molecule has 2 aromatic rings. The number of primary amides is 1. The lowest BCUT2D eigenvalue weighted by Gasteiger charge is -2.12. The highest BCUT2D eigenvalue weighted by molar-refractivity contribution is 5.93. The van der Waals surface area contributed by atoms with Gasteiger partial charge in [0, 0.05) is 29.7 Å². The summed E-state index contributed by atoms with van der Waals surface area (Å²) in [5.74, 6) is -0.392. The summed E-state index contributed by atoms with van der Waals surface area (Å²) in [6, 6.07) is 9.66. The summed E-state index contributed by atoms with van der Waals surface area (Å²) in [5.41, 5.74) is 9.12. The van der Waals surface area contributed by atoms with E-state index in [0.717, 1.165) is 30.8 Å². The number of nitrogens with two attached hydrogens (primary N) is 1. The number of rotatable bonds is 6. The Bertz CT molecular complexity index is 602. The summed E-state index contributed by atoms with van der Waals surface area (Å²) < 4.78 is 2.25. The summed E-state index contributed by atoms with van der Waals surface area (Å²) in [6.45, 7) is 5.94. The van der Waals surface area contributed by atoms with Crippen molar-refractivity contribution < 1.29 is 4.79 Å². The number of benzene rings is 1. The van der Waals surface area contributed by atoms with Crippen LogP contribution in [0.1, 0.15) is 35.0 Å². The third kappa shape index (κ3) is 3.20. The maximum Gasteiger partial charge on any atom is 0.248 e. The molecule has 4 heteroatoms. The summed E-state index contributed by atoms with van der Waals surface area (Å²) in [7, 11) is 0. The second kappa shape index (κ2) is 6.28. The van der Waals surface area contributed by atoms with Gasteiger partial charge in [0.25, 0.3) is 0 Å². The van der Waals surface area contributed by atoms with Crippen molar-refractivity contribution in [2.45, 2.75) is 33.4 Å². The van der Waals surface area contributed by atoms with Crippen molar-refractivity contribution in [2.24, 2.45) is 5.73 Å². The highest BCUT2D eigenvalue weighted by Crippen LogP contribution is 2.17. The van der Waals surface area contributed by atoms with Gasteiger partial charge in [-0.2, -0.15) is 0 Å². The molecular weight excluding hydrogens is 250 g/mol. The molecule has 0 aliphatic carbocycles. The van der Waals surface area contributed by atoms with Gasteiger partial charge in [0.05, 0.1) is 6.54 Å². The Hall–Kier alpha value is -2.23. The molecule has 0 saturated heterocycles. The van der Waals surface area contributed by atoms with E-state index >= 15 is 0 Å². The minimum atomic E-state index is -0.392. The lowest BCUT2D eigenvalue weighted by molar-refractivity contribution is 0.1000. The number of carbonyl (C=O) groups is 1. The van der Waals surface area contributed by atoms with E-state index in [0.29, 0.717) is 5.56 Å². The molecule has 1 heterocycles. The highest BCUT2D eigenvalue weighted by Gasteiger charge is 2.05. The van der Waals surface area contributed by atoms with Crippen molar-refractivity contribution in [3.63, 3.8) is 0 Å². The summed E-state index contributed by atoms with van der Waals surface area (Å²) in [4.78, 5) is 11.1. The average Bonchev–Trinajstić information content (AvgIpc) is 2.85. The van der Waals surface area contributed by atoms with Crippen molar-refractivity contribution in [3.05, 3.63) is 53.3 Å². The van der Waals surface area contributed by atoms with Gasteiger partial charge in [-0.25, -0.2) is 0 Å². The smallest absolute Gasteiger partial charge is 0.248 e. The fourth-order valence-electron chi connectivity index (χ4n) is 2.27. The molecule has 0 saturated carbocycles. The Morgan fingerprint density at radius 2 is 2.15 bits per heavy atom. The maximum atomic E-state index is 11.1. The molecule has 1 aromatic carbocycles. The normalized spacial score (nSPS) is 10.5. The van der Waals surface area contributed by atoms with Gasteiger partial charge in [-0.05, 0) is 49.2 Å². The van der Waals surface area contributed by atoms with Crippen molar-refractivity contribution in [3.8, 4) is 0 Å². The number of aromatic nitrogens is 1. The Balaban J connectivity index is 2.07. The zero-order valence-electron chi connectivity index (χ0n) is 12.0. The predicted octanol–water partition coefficient (Wildman–Crippen LogP) is 2.92. The molecule has 1 amide bonds. The van der Waals surface area contributed by atoms with Crippen LogP contribution in [0.15, 0.2) is 36.5 Å². The van der Waals surface area contributed by atoms with E-state index in [-0.39, 0.29) is 0 Å². The first-order chi connectivity index (χ1) is 9.61. The number of amides is 1. The predicted molar refractivity (Wildman–Crippen MR) is 81.7 cm³/mol. The number of nitrogens with one attached hydrogen (secondary N) is 1. The van der Waals surface area contributed by atoms with E-state index in [9.17, 15) is 4.79 Å². The van der Waals surface area contributed by atoms with Gasteiger partial charge in [0.2, 0.25) is 5.91 Å². The van der Waals surface area contributed by atoms with E-state index in [1.165, 1.54) is 5.69 Å². The van der Waals surface area contributed by atoms with Crippen molar-refractivity contribution >= 4 is 11.6 Å². The highest BCUT2D eigenvalue weighted by atomic mass is 16.1. The third-order valence-corrected chi connectivity index (χ3v) is 3.36. The first-order valence-corrected chi connectivity index (χ1v) is 6.90. The zero-order valence-corrected chi connectivity index (χ0v) is 12.0. The van der Waals surface area contributed by atoms with Crippen LogP contribution in [-0.2, 0) is 13.1 Å². The van der Waals surface area contributed by atoms with Gasteiger partial charge in [0.1, 0.15) is 0 Å². The van der Waals surface area contributed by atoms with Crippen LogP contribution < -0.4 is 11.1 Å². The molecule has 1 aromatic heterocycles. The van der Waals surface area contributed by atoms with Crippen LogP contribution in [0.2, 0.25) is 0 Å². The maximum absolute atomic E-state index is 11.1. The van der Waals surface area contributed by atoms with Crippen LogP contribution in [0.4, 0.5) is 5.69 Å². The fraction of sp³-hybridized carbons (Fsp3) is 0.312.